The van der Waals surface area contributed by atoms with Crippen molar-refractivity contribution in [2.75, 3.05) is 14.2 Å². The summed E-state index contributed by atoms with van der Waals surface area (Å²) in [6.07, 6.45) is 17.8. The van der Waals surface area contributed by atoms with Crippen LogP contribution in [0.15, 0.2) is 0 Å². The Balaban J connectivity index is -0.000000569. The maximum atomic E-state index is 10.8. The summed E-state index contributed by atoms with van der Waals surface area (Å²) in [6, 6.07) is 0. The van der Waals surface area contributed by atoms with E-state index in [1.54, 1.807) is 0 Å². The number of hydrogen-bond donors (Lipinski definition) is 0. The topological polar surface area (TPSA) is 133 Å². The number of methoxy groups -OCH3 is 2. The number of esters is 2. The normalized spacial score (nSPS) is 9.89. The van der Waals surface area contributed by atoms with E-state index in [9.17, 15) is 29.4 Å². The zero-order valence-electron chi connectivity index (χ0n) is 22.1. The fraction of sp³-hybridized carbons (Fsp3) is 0.846. The van der Waals surface area contributed by atoms with E-state index in [4.69, 9.17) is 0 Å². The third-order valence-electron chi connectivity index (χ3n) is 5.48. The molecule has 0 aliphatic rings. The van der Waals surface area contributed by atoms with Gasteiger partial charge >= 0.3 is 60.8 Å². The van der Waals surface area contributed by atoms with Gasteiger partial charge in [-0.25, -0.2) is 0 Å². The molecule has 0 spiro atoms. The van der Waals surface area contributed by atoms with Gasteiger partial charge in [0.05, 0.1) is 14.2 Å². The van der Waals surface area contributed by atoms with Gasteiger partial charge in [0.25, 0.3) is 0 Å². The van der Waals surface area contributed by atoms with Crippen LogP contribution in [0.3, 0.4) is 0 Å². The van der Waals surface area contributed by atoms with Crippen LogP contribution in [0.1, 0.15) is 128 Å². The minimum absolute atomic E-state index is 0. The van der Waals surface area contributed by atoms with Gasteiger partial charge in [-0.15, -0.1) is 0 Å². The number of rotatable bonds is 22. The second kappa shape index (κ2) is 31.5. The Morgan fingerprint density at radius 1 is 0.429 bits per heavy atom. The van der Waals surface area contributed by atoms with E-state index in [-0.39, 0.29) is 73.7 Å². The minimum atomic E-state index is -0.951. The van der Waals surface area contributed by atoms with Crippen molar-refractivity contribution in [2.24, 2.45) is 0 Å². The van der Waals surface area contributed by atoms with Crippen LogP contribution < -0.4 is 10.2 Å². The van der Waals surface area contributed by atoms with Crippen LogP contribution in [-0.2, 0) is 28.7 Å². The van der Waals surface area contributed by atoms with Gasteiger partial charge in [0, 0.05) is 24.8 Å². The molecule has 0 bridgehead atoms. The Bertz CT molecular complexity index is 479. The van der Waals surface area contributed by atoms with E-state index in [2.05, 4.69) is 9.47 Å². The SMILES string of the molecule is COC(=O)CCCCCCCCCCC(=O)[O-].COC(=O)CCCCCCCCCCC(=O)[O-].[Ba+2]. The van der Waals surface area contributed by atoms with Gasteiger partial charge in [0.15, 0.2) is 0 Å². The second-order valence-electron chi connectivity index (χ2n) is 8.55. The monoisotopic (exact) mass is 624 g/mol. The first-order valence-corrected chi connectivity index (χ1v) is 12.9. The Labute approximate surface area is 252 Å². The molecule has 8 nitrogen and oxygen atoms in total. The number of carbonyl (C=O) groups is 4. The maximum Gasteiger partial charge on any atom is 2.00 e. The molecule has 0 saturated carbocycles. The van der Waals surface area contributed by atoms with Crippen molar-refractivity contribution < 1.29 is 38.9 Å². The number of carboxylic acid groups (broad SMARTS) is 2. The third-order valence-corrected chi connectivity index (χ3v) is 5.48. The quantitative estimate of drug-likeness (QED) is 0.102. The number of ether oxygens (including phenoxy) is 2. The van der Waals surface area contributed by atoms with Crippen molar-refractivity contribution in [3.8, 4) is 0 Å². The van der Waals surface area contributed by atoms with Gasteiger partial charge < -0.3 is 29.3 Å². The van der Waals surface area contributed by atoms with Crippen LogP contribution in [0.5, 0.6) is 0 Å². The molecule has 0 fully saturated rings. The van der Waals surface area contributed by atoms with E-state index in [1.807, 2.05) is 0 Å². The summed E-state index contributed by atoms with van der Waals surface area (Å²) in [4.78, 5) is 41.9. The molecule has 0 aromatic heterocycles. The van der Waals surface area contributed by atoms with Crippen LogP contribution in [-0.4, -0.2) is 87.0 Å². The molecule has 0 atom stereocenters. The molecule has 0 amide bonds. The summed E-state index contributed by atoms with van der Waals surface area (Å²) in [7, 11) is 2.82. The molecule has 0 heterocycles. The smallest absolute Gasteiger partial charge is 0.550 e. The molecule has 0 aromatic rings. The van der Waals surface area contributed by atoms with Crippen LogP contribution in [0.25, 0.3) is 0 Å². The van der Waals surface area contributed by atoms with Gasteiger partial charge in [0.1, 0.15) is 0 Å². The number of carbonyl (C=O) groups excluding carboxylic acids is 4. The number of aliphatic carboxylic acids is 2. The number of hydrogen-bond acceptors (Lipinski definition) is 8. The predicted molar refractivity (Wildman–Crippen MR) is 132 cm³/mol. The first-order chi connectivity index (χ1) is 16.3. The molecule has 0 saturated heterocycles. The molecule has 9 heteroatoms. The molecular weight excluding hydrogens is 578 g/mol. The Hall–Kier alpha value is -0.549. The third kappa shape index (κ3) is 38.1. The minimum Gasteiger partial charge on any atom is -0.550 e. The summed E-state index contributed by atoms with van der Waals surface area (Å²) >= 11 is 0. The zero-order chi connectivity index (χ0) is 25.9. The molecule has 200 valence electrons. The van der Waals surface area contributed by atoms with Crippen molar-refractivity contribution in [3.05, 3.63) is 0 Å². The molecule has 0 aliphatic carbocycles. The van der Waals surface area contributed by atoms with Crippen LogP contribution in [0, 0.1) is 0 Å². The standard InChI is InChI=1S/2C13H24O4.Ba/c2*1-17-13(16)11-9-7-5-3-2-4-6-8-10-12(14)15;/h2*2-11H2,1H3,(H,14,15);/q;;+2/p-2. The number of unbranched alkanes of at least 4 members (excludes halogenated alkanes) is 14. The van der Waals surface area contributed by atoms with Crippen molar-refractivity contribution in [3.63, 3.8) is 0 Å². The van der Waals surface area contributed by atoms with Crippen molar-refractivity contribution >= 4 is 72.8 Å². The summed E-state index contributed by atoms with van der Waals surface area (Å²) in [5.74, 6) is -2.17. The molecule has 0 aliphatic heterocycles. The van der Waals surface area contributed by atoms with Crippen molar-refractivity contribution in [2.45, 2.75) is 128 Å². The van der Waals surface area contributed by atoms with E-state index in [0.29, 0.717) is 12.8 Å². The van der Waals surface area contributed by atoms with E-state index >= 15 is 0 Å². The van der Waals surface area contributed by atoms with Gasteiger partial charge in [-0.3, -0.25) is 9.59 Å². The number of carboxylic acids is 2. The second-order valence-corrected chi connectivity index (χ2v) is 8.55. The Kier molecular flexibility index (Phi) is 35.1. The average molecular weight is 624 g/mol. The summed E-state index contributed by atoms with van der Waals surface area (Å²) in [6.45, 7) is 0. The van der Waals surface area contributed by atoms with Gasteiger partial charge in [0.2, 0.25) is 0 Å². The molecule has 0 radical (unpaired) electrons. The Morgan fingerprint density at radius 3 is 0.829 bits per heavy atom. The van der Waals surface area contributed by atoms with Crippen molar-refractivity contribution in [1.29, 1.82) is 0 Å². The van der Waals surface area contributed by atoms with Crippen LogP contribution >= 0.6 is 0 Å². The average Bonchev–Trinajstić information content (AvgIpc) is 2.81. The van der Waals surface area contributed by atoms with Crippen LogP contribution in [0.4, 0.5) is 0 Å². The molecular formula is C26H46BaO8. The van der Waals surface area contributed by atoms with Gasteiger partial charge in [-0.05, 0) is 38.5 Å². The molecule has 0 unspecified atom stereocenters. The molecule has 0 N–H and O–H groups in total. The van der Waals surface area contributed by atoms with E-state index < -0.39 is 11.9 Å². The summed E-state index contributed by atoms with van der Waals surface area (Å²) < 4.78 is 9.10. The molecule has 0 aromatic carbocycles. The summed E-state index contributed by atoms with van der Waals surface area (Å²) in [5, 5.41) is 20.3. The fourth-order valence-corrected chi connectivity index (χ4v) is 3.40. The summed E-state index contributed by atoms with van der Waals surface area (Å²) in [5.41, 5.74) is 0. The van der Waals surface area contributed by atoms with E-state index in [0.717, 1.165) is 103 Å². The van der Waals surface area contributed by atoms with Crippen LogP contribution in [0.2, 0.25) is 0 Å². The van der Waals surface area contributed by atoms with Crippen molar-refractivity contribution in [1.82, 2.24) is 0 Å². The fourth-order valence-electron chi connectivity index (χ4n) is 3.40. The largest absolute Gasteiger partial charge is 2.00 e. The Morgan fingerprint density at radius 2 is 0.629 bits per heavy atom. The zero-order valence-corrected chi connectivity index (χ0v) is 26.6. The molecule has 0 rings (SSSR count). The van der Waals surface area contributed by atoms with Gasteiger partial charge in [-0.1, -0.05) is 77.0 Å². The maximum absolute atomic E-state index is 10.8. The first kappa shape index (κ1) is 39.0. The van der Waals surface area contributed by atoms with E-state index in [1.165, 1.54) is 14.2 Å². The predicted octanol–water partition coefficient (Wildman–Crippen LogP) is 3.24. The first-order valence-electron chi connectivity index (χ1n) is 12.9. The molecule has 35 heavy (non-hydrogen) atoms. The van der Waals surface area contributed by atoms with Gasteiger partial charge in [-0.2, -0.15) is 0 Å².